The number of ketones is 1. The lowest BCUT2D eigenvalue weighted by molar-refractivity contribution is -0.132. The largest absolute Gasteiger partial charge is 0.507 e. The Morgan fingerprint density at radius 3 is 2.05 bits per heavy atom. The standard InChI is InChI=1S/C30H31NO6/c1-17(2)37-23-11-7-20(8-12-23)27-26(28(32)24-15-19(4)25(36-6)16-18(24)3)29(33)30(34)31(27)21-9-13-22(35-5)14-10-21/h7-17,27,32H,1-6H3/b28-26+. The Bertz CT molecular complexity index is 1360. The fourth-order valence-corrected chi connectivity index (χ4v) is 4.57. The van der Waals surface area contributed by atoms with Crippen molar-refractivity contribution in [3.05, 3.63) is 88.5 Å². The van der Waals surface area contributed by atoms with Crippen LogP contribution in [0.3, 0.4) is 0 Å². The molecule has 0 aliphatic carbocycles. The van der Waals surface area contributed by atoms with Crippen LogP contribution in [0.4, 0.5) is 5.69 Å². The number of rotatable bonds is 7. The molecule has 1 aliphatic rings. The van der Waals surface area contributed by atoms with Gasteiger partial charge in [0.2, 0.25) is 0 Å². The maximum atomic E-state index is 13.5. The Hall–Kier alpha value is -4.26. The van der Waals surface area contributed by atoms with Crippen LogP contribution in [-0.4, -0.2) is 37.1 Å². The van der Waals surface area contributed by atoms with Gasteiger partial charge in [-0.3, -0.25) is 14.5 Å². The number of aliphatic hydroxyl groups is 1. The molecule has 4 rings (SSSR count). The Morgan fingerprint density at radius 1 is 0.865 bits per heavy atom. The van der Waals surface area contributed by atoms with Crippen LogP contribution >= 0.6 is 0 Å². The van der Waals surface area contributed by atoms with E-state index in [9.17, 15) is 14.7 Å². The van der Waals surface area contributed by atoms with Gasteiger partial charge in [-0.05, 0) is 92.9 Å². The van der Waals surface area contributed by atoms with Gasteiger partial charge in [-0.1, -0.05) is 12.1 Å². The first-order valence-electron chi connectivity index (χ1n) is 12.0. The predicted molar refractivity (Wildman–Crippen MR) is 142 cm³/mol. The van der Waals surface area contributed by atoms with Crippen LogP contribution in [-0.2, 0) is 9.59 Å². The van der Waals surface area contributed by atoms with Gasteiger partial charge in [0.15, 0.2) is 0 Å². The molecule has 3 aromatic carbocycles. The van der Waals surface area contributed by atoms with Crippen molar-refractivity contribution in [1.82, 2.24) is 0 Å². The SMILES string of the molecule is COc1ccc(N2C(=O)C(=O)/C(=C(/O)c3cc(C)c(OC)cc3C)C2c2ccc(OC(C)C)cc2)cc1. The molecule has 192 valence electrons. The summed E-state index contributed by atoms with van der Waals surface area (Å²) in [5.41, 5.74) is 3.18. The average molecular weight is 502 g/mol. The normalized spacial score (nSPS) is 16.8. The third-order valence-electron chi connectivity index (χ3n) is 6.36. The number of hydrogen-bond donors (Lipinski definition) is 1. The van der Waals surface area contributed by atoms with Crippen LogP contribution < -0.4 is 19.1 Å². The van der Waals surface area contributed by atoms with Crippen LogP contribution in [0.1, 0.15) is 42.1 Å². The number of ether oxygens (including phenoxy) is 3. The lowest BCUT2D eigenvalue weighted by atomic mass is 9.93. The molecule has 0 radical (unpaired) electrons. The molecule has 7 heteroatoms. The second kappa shape index (κ2) is 10.4. The summed E-state index contributed by atoms with van der Waals surface area (Å²) < 4.78 is 16.4. The highest BCUT2D eigenvalue weighted by Crippen LogP contribution is 2.43. The minimum Gasteiger partial charge on any atom is -0.507 e. The fourth-order valence-electron chi connectivity index (χ4n) is 4.57. The van der Waals surface area contributed by atoms with Crippen molar-refractivity contribution in [1.29, 1.82) is 0 Å². The summed E-state index contributed by atoms with van der Waals surface area (Å²) in [7, 11) is 3.13. The van der Waals surface area contributed by atoms with Crippen molar-refractivity contribution in [2.75, 3.05) is 19.1 Å². The Balaban J connectivity index is 1.91. The van der Waals surface area contributed by atoms with Gasteiger partial charge in [0, 0.05) is 11.3 Å². The van der Waals surface area contributed by atoms with E-state index in [4.69, 9.17) is 14.2 Å². The summed E-state index contributed by atoms with van der Waals surface area (Å²) in [6, 6.07) is 16.8. The third-order valence-corrected chi connectivity index (χ3v) is 6.36. The number of amides is 1. The first-order chi connectivity index (χ1) is 17.7. The molecule has 1 heterocycles. The Labute approximate surface area is 216 Å². The number of aliphatic hydroxyl groups excluding tert-OH is 1. The highest BCUT2D eigenvalue weighted by molar-refractivity contribution is 6.51. The van der Waals surface area contributed by atoms with Crippen LogP contribution in [0.15, 0.2) is 66.2 Å². The molecule has 1 fully saturated rings. The second-order valence-corrected chi connectivity index (χ2v) is 9.24. The van der Waals surface area contributed by atoms with Crippen LogP contribution in [0.5, 0.6) is 17.2 Å². The maximum Gasteiger partial charge on any atom is 0.300 e. The van der Waals surface area contributed by atoms with Crippen molar-refractivity contribution >= 4 is 23.1 Å². The highest BCUT2D eigenvalue weighted by atomic mass is 16.5. The first-order valence-corrected chi connectivity index (χ1v) is 12.0. The lowest BCUT2D eigenvalue weighted by Gasteiger charge is -2.26. The number of carbonyl (C=O) groups excluding carboxylic acids is 2. The number of Topliss-reactive ketones (excluding diaryl/α,β-unsaturated/α-hetero) is 1. The smallest absolute Gasteiger partial charge is 0.300 e. The van der Waals surface area contributed by atoms with Gasteiger partial charge in [0.1, 0.15) is 23.0 Å². The molecule has 1 saturated heterocycles. The summed E-state index contributed by atoms with van der Waals surface area (Å²) in [6.45, 7) is 7.55. The summed E-state index contributed by atoms with van der Waals surface area (Å²) in [4.78, 5) is 28.3. The van der Waals surface area contributed by atoms with E-state index < -0.39 is 17.7 Å². The fraction of sp³-hybridized carbons (Fsp3) is 0.267. The van der Waals surface area contributed by atoms with Gasteiger partial charge in [-0.2, -0.15) is 0 Å². The third kappa shape index (κ3) is 4.89. The molecule has 1 atom stereocenters. The van der Waals surface area contributed by atoms with Crippen molar-refractivity contribution in [3.63, 3.8) is 0 Å². The molecule has 1 unspecified atom stereocenters. The van der Waals surface area contributed by atoms with Crippen LogP contribution in [0.2, 0.25) is 0 Å². The number of benzene rings is 3. The molecule has 0 saturated carbocycles. The van der Waals surface area contributed by atoms with Crippen molar-refractivity contribution in [2.45, 2.75) is 39.8 Å². The van der Waals surface area contributed by atoms with Gasteiger partial charge in [0.25, 0.3) is 11.7 Å². The quantitative estimate of drug-likeness (QED) is 0.253. The second-order valence-electron chi connectivity index (χ2n) is 9.24. The molecule has 1 N–H and O–H groups in total. The monoisotopic (exact) mass is 501 g/mol. The molecule has 7 nitrogen and oxygen atoms in total. The summed E-state index contributed by atoms with van der Waals surface area (Å²) in [6.07, 6.45) is -0.00271. The van der Waals surface area contributed by atoms with E-state index in [1.54, 1.807) is 62.8 Å². The molecular formula is C30H31NO6. The minimum absolute atomic E-state index is 0.00271. The lowest BCUT2D eigenvalue weighted by Crippen LogP contribution is -2.29. The van der Waals surface area contributed by atoms with Crippen molar-refractivity contribution in [3.8, 4) is 17.2 Å². The van der Waals surface area contributed by atoms with Gasteiger partial charge in [0.05, 0.1) is 31.9 Å². The van der Waals surface area contributed by atoms with Crippen molar-refractivity contribution < 1.29 is 28.9 Å². The molecule has 1 aliphatic heterocycles. The van der Waals surface area contributed by atoms with E-state index in [2.05, 4.69) is 0 Å². The molecule has 3 aromatic rings. The predicted octanol–water partition coefficient (Wildman–Crippen LogP) is 5.73. The maximum absolute atomic E-state index is 13.5. The molecule has 37 heavy (non-hydrogen) atoms. The molecule has 0 spiro atoms. The number of methoxy groups -OCH3 is 2. The molecule has 1 amide bonds. The molecule has 0 bridgehead atoms. The number of anilines is 1. The number of carbonyl (C=O) groups is 2. The highest BCUT2D eigenvalue weighted by Gasteiger charge is 2.47. The zero-order valence-electron chi connectivity index (χ0n) is 21.9. The van der Waals surface area contributed by atoms with E-state index in [1.807, 2.05) is 39.8 Å². The molecular weight excluding hydrogens is 470 g/mol. The van der Waals surface area contributed by atoms with Gasteiger partial charge >= 0.3 is 0 Å². The first kappa shape index (κ1) is 25.8. The zero-order valence-corrected chi connectivity index (χ0v) is 21.9. The zero-order chi connectivity index (χ0) is 26.9. The van der Waals surface area contributed by atoms with Crippen LogP contribution in [0, 0.1) is 13.8 Å². The number of hydrogen-bond acceptors (Lipinski definition) is 6. The summed E-state index contributed by atoms with van der Waals surface area (Å²) >= 11 is 0. The van der Waals surface area contributed by atoms with E-state index in [0.717, 1.165) is 11.1 Å². The Kier molecular flexibility index (Phi) is 7.25. The van der Waals surface area contributed by atoms with Gasteiger partial charge in [-0.25, -0.2) is 0 Å². The summed E-state index contributed by atoms with van der Waals surface area (Å²) in [5.74, 6) is 0.254. The van der Waals surface area contributed by atoms with Gasteiger partial charge < -0.3 is 19.3 Å². The molecule has 0 aromatic heterocycles. The average Bonchev–Trinajstić information content (AvgIpc) is 3.15. The topological polar surface area (TPSA) is 85.3 Å². The minimum atomic E-state index is -0.844. The van der Waals surface area contributed by atoms with E-state index >= 15 is 0 Å². The van der Waals surface area contributed by atoms with Crippen molar-refractivity contribution in [2.24, 2.45) is 0 Å². The van der Waals surface area contributed by atoms with E-state index in [0.29, 0.717) is 34.1 Å². The van der Waals surface area contributed by atoms with E-state index in [1.165, 1.54) is 4.90 Å². The number of aryl methyl sites for hydroxylation is 2. The Morgan fingerprint density at radius 2 is 1.49 bits per heavy atom. The summed E-state index contributed by atoms with van der Waals surface area (Å²) in [5, 5.41) is 11.5. The van der Waals surface area contributed by atoms with Gasteiger partial charge in [-0.15, -0.1) is 0 Å². The number of nitrogens with zero attached hydrogens (tertiary/aromatic N) is 1. The van der Waals surface area contributed by atoms with E-state index in [-0.39, 0.29) is 17.4 Å². The van der Waals surface area contributed by atoms with Crippen LogP contribution in [0.25, 0.3) is 5.76 Å².